The maximum atomic E-state index is 11.6. The van der Waals surface area contributed by atoms with Gasteiger partial charge in [-0.25, -0.2) is 4.98 Å². The van der Waals surface area contributed by atoms with Gasteiger partial charge < -0.3 is 10.1 Å². The molecule has 1 aromatic rings. The lowest BCUT2D eigenvalue weighted by atomic mass is 10.2. The normalized spacial score (nSPS) is 19.9. The van der Waals surface area contributed by atoms with Crippen LogP contribution < -0.4 is 5.32 Å². The van der Waals surface area contributed by atoms with E-state index in [0.717, 1.165) is 30.0 Å². The number of ether oxygens (including phenoxy) is 1. The molecule has 1 N–H and O–H groups in total. The molecule has 1 aromatic heterocycles. The van der Waals surface area contributed by atoms with E-state index in [0.29, 0.717) is 13.2 Å². The van der Waals surface area contributed by atoms with E-state index < -0.39 is 0 Å². The highest BCUT2D eigenvalue weighted by atomic mass is 32.1. The van der Waals surface area contributed by atoms with Gasteiger partial charge in [-0.05, 0) is 19.8 Å². The monoisotopic (exact) mass is 240 g/mol. The zero-order valence-electron chi connectivity index (χ0n) is 9.36. The van der Waals surface area contributed by atoms with E-state index in [2.05, 4.69) is 10.3 Å². The minimum absolute atomic E-state index is 0.0180. The van der Waals surface area contributed by atoms with E-state index in [1.807, 2.05) is 12.3 Å². The van der Waals surface area contributed by atoms with Gasteiger partial charge in [-0.1, -0.05) is 0 Å². The van der Waals surface area contributed by atoms with Gasteiger partial charge >= 0.3 is 0 Å². The first-order valence-corrected chi connectivity index (χ1v) is 6.44. The summed E-state index contributed by atoms with van der Waals surface area (Å²) in [5, 5.41) is 5.99. The van der Waals surface area contributed by atoms with Crippen molar-refractivity contribution in [3.63, 3.8) is 0 Å². The van der Waals surface area contributed by atoms with Crippen LogP contribution in [-0.2, 0) is 16.0 Å². The predicted molar refractivity (Wildman–Crippen MR) is 62.5 cm³/mol. The van der Waals surface area contributed by atoms with Crippen molar-refractivity contribution < 1.29 is 9.53 Å². The summed E-state index contributed by atoms with van der Waals surface area (Å²) < 4.78 is 5.30. The van der Waals surface area contributed by atoms with Crippen LogP contribution in [0, 0.1) is 6.92 Å². The van der Waals surface area contributed by atoms with E-state index in [1.54, 1.807) is 11.3 Å². The predicted octanol–water partition coefficient (Wildman–Crippen LogP) is 1.29. The molecule has 5 heteroatoms. The fourth-order valence-electron chi connectivity index (χ4n) is 1.74. The third kappa shape index (κ3) is 3.02. The van der Waals surface area contributed by atoms with Crippen molar-refractivity contribution in [1.29, 1.82) is 0 Å². The summed E-state index contributed by atoms with van der Waals surface area (Å²) in [6, 6.07) is 0. The summed E-state index contributed by atoms with van der Waals surface area (Å²) >= 11 is 1.64. The molecule has 1 atom stereocenters. The summed E-state index contributed by atoms with van der Waals surface area (Å²) in [6.45, 7) is 3.34. The number of nitrogens with one attached hydrogen (secondary N) is 1. The fourth-order valence-corrected chi connectivity index (χ4v) is 2.38. The Morgan fingerprint density at radius 3 is 3.25 bits per heavy atom. The maximum absolute atomic E-state index is 11.6. The average Bonchev–Trinajstić information content (AvgIpc) is 2.89. The van der Waals surface area contributed by atoms with Gasteiger partial charge in [0.1, 0.15) is 6.10 Å². The van der Waals surface area contributed by atoms with Gasteiger partial charge in [0.05, 0.1) is 10.7 Å². The van der Waals surface area contributed by atoms with E-state index in [-0.39, 0.29) is 12.0 Å². The number of rotatable bonds is 4. The Labute approximate surface area is 99.0 Å². The highest BCUT2D eigenvalue weighted by molar-refractivity contribution is 7.09. The molecule has 0 aliphatic carbocycles. The van der Waals surface area contributed by atoms with Crippen LogP contribution in [-0.4, -0.2) is 30.1 Å². The molecule has 88 valence electrons. The molecule has 0 bridgehead atoms. The zero-order valence-corrected chi connectivity index (χ0v) is 10.2. The molecule has 2 heterocycles. The Kier molecular flexibility index (Phi) is 3.90. The van der Waals surface area contributed by atoms with Gasteiger partial charge in [0, 0.05) is 25.0 Å². The SMILES string of the molecule is Cc1nc(CCNC(=O)[C@H]2CCCO2)cs1. The van der Waals surface area contributed by atoms with Gasteiger partial charge in [0.15, 0.2) is 0 Å². The summed E-state index contributed by atoms with van der Waals surface area (Å²) in [6.07, 6.45) is 2.41. The van der Waals surface area contributed by atoms with Crippen LogP contribution in [0.1, 0.15) is 23.5 Å². The molecule has 2 rings (SSSR count). The lowest BCUT2D eigenvalue weighted by molar-refractivity contribution is -0.129. The molecular weight excluding hydrogens is 224 g/mol. The highest BCUT2D eigenvalue weighted by Crippen LogP contribution is 2.12. The van der Waals surface area contributed by atoms with Crippen LogP contribution in [0.2, 0.25) is 0 Å². The molecule has 16 heavy (non-hydrogen) atoms. The number of aromatic nitrogens is 1. The Balaban J connectivity index is 1.69. The summed E-state index contributed by atoms with van der Waals surface area (Å²) in [4.78, 5) is 15.9. The molecule has 1 fully saturated rings. The van der Waals surface area contributed by atoms with Crippen molar-refractivity contribution in [3.05, 3.63) is 16.1 Å². The largest absolute Gasteiger partial charge is 0.368 e. The van der Waals surface area contributed by atoms with Crippen LogP contribution in [0.3, 0.4) is 0 Å². The molecule has 0 unspecified atom stereocenters. The van der Waals surface area contributed by atoms with E-state index in [4.69, 9.17) is 4.74 Å². The molecule has 0 saturated carbocycles. The van der Waals surface area contributed by atoms with Crippen LogP contribution in [0.5, 0.6) is 0 Å². The van der Waals surface area contributed by atoms with Crippen molar-refractivity contribution in [2.24, 2.45) is 0 Å². The zero-order chi connectivity index (χ0) is 11.4. The van der Waals surface area contributed by atoms with Crippen LogP contribution in [0.25, 0.3) is 0 Å². The number of amides is 1. The Hall–Kier alpha value is -0.940. The summed E-state index contributed by atoms with van der Waals surface area (Å²) in [5.74, 6) is 0.0180. The van der Waals surface area contributed by atoms with E-state index >= 15 is 0 Å². The minimum Gasteiger partial charge on any atom is -0.368 e. The lowest BCUT2D eigenvalue weighted by Crippen LogP contribution is -2.35. The first-order chi connectivity index (χ1) is 7.75. The van der Waals surface area contributed by atoms with Crippen LogP contribution in [0.4, 0.5) is 0 Å². The van der Waals surface area contributed by atoms with Gasteiger partial charge in [-0.3, -0.25) is 4.79 Å². The second kappa shape index (κ2) is 5.41. The van der Waals surface area contributed by atoms with Crippen molar-refractivity contribution in [1.82, 2.24) is 10.3 Å². The number of aryl methyl sites for hydroxylation is 1. The Morgan fingerprint density at radius 2 is 2.62 bits per heavy atom. The first-order valence-electron chi connectivity index (χ1n) is 5.56. The van der Waals surface area contributed by atoms with Crippen molar-refractivity contribution in [3.8, 4) is 0 Å². The first kappa shape index (κ1) is 11.5. The standard InChI is InChI=1S/C11H16N2O2S/c1-8-13-9(7-16-8)4-5-12-11(14)10-3-2-6-15-10/h7,10H,2-6H2,1H3,(H,12,14)/t10-/m1/s1. The fraction of sp³-hybridized carbons (Fsp3) is 0.636. The topological polar surface area (TPSA) is 51.2 Å². The van der Waals surface area contributed by atoms with Crippen LogP contribution in [0.15, 0.2) is 5.38 Å². The second-order valence-corrected chi connectivity index (χ2v) is 4.96. The van der Waals surface area contributed by atoms with E-state index in [1.165, 1.54) is 0 Å². The van der Waals surface area contributed by atoms with E-state index in [9.17, 15) is 4.79 Å². The molecule has 0 radical (unpaired) electrons. The maximum Gasteiger partial charge on any atom is 0.249 e. The molecular formula is C11H16N2O2S. The number of carbonyl (C=O) groups excluding carboxylic acids is 1. The molecule has 0 aromatic carbocycles. The van der Waals surface area contributed by atoms with Crippen molar-refractivity contribution >= 4 is 17.2 Å². The molecule has 0 spiro atoms. The number of nitrogens with zero attached hydrogens (tertiary/aromatic N) is 1. The average molecular weight is 240 g/mol. The molecule has 1 amide bonds. The van der Waals surface area contributed by atoms with Crippen molar-refractivity contribution in [2.75, 3.05) is 13.2 Å². The highest BCUT2D eigenvalue weighted by Gasteiger charge is 2.22. The van der Waals surface area contributed by atoms with Crippen molar-refractivity contribution in [2.45, 2.75) is 32.3 Å². The number of hydrogen-bond acceptors (Lipinski definition) is 4. The molecule has 1 aliphatic heterocycles. The lowest BCUT2D eigenvalue weighted by Gasteiger charge is -2.09. The second-order valence-electron chi connectivity index (χ2n) is 3.90. The summed E-state index contributed by atoms with van der Waals surface area (Å²) in [7, 11) is 0. The third-order valence-electron chi connectivity index (χ3n) is 2.57. The minimum atomic E-state index is -0.225. The molecule has 1 saturated heterocycles. The number of thiazole rings is 1. The van der Waals surface area contributed by atoms with Crippen LogP contribution >= 0.6 is 11.3 Å². The molecule has 1 aliphatic rings. The smallest absolute Gasteiger partial charge is 0.249 e. The quantitative estimate of drug-likeness (QED) is 0.862. The Bertz CT molecular complexity index is 359. The van der Waals surface area contributed by atoms with Gasteiger partial charge in [-0.2, -0.15) is 0 Å². The Morgan fingerprint density at radius 1 is 1.75 bits per heavy atom. The number of carbonyl (C=O) groups is 1. The summed E-state index contributed by atoms with van der Waals surface area (Å²) in [5.41, 5.74) is 1.05. The van der Waals surface area contributed by atoms with Gasteiger partial charge in [0.25, 0.3) is 0 Å². The molecule has 4 nitrogen and oxygen atoms in total. The third-order valence-corrected chi connectivity index (χ3v) is 3.39. The van der Waals surface area contributed by atoms with Gasteiger partial charge in [-0.15, -0.1) is 11.3 Å². The van der Waals surface area contributed by atoms with Gasteiger partial charge in [0.2, 0.25) is 5.91 Å². The number of hydrogen-bond donors (Lipinski definition) is 1.